The number of benzene rings is 1. The highest BCUT2D eigenvalue weighted by molar-refractivity contribution is 5.48. The Morgan fingerprint density at radius 2 is 1.67 bits per heavy atom. The van der Waals surface area contributed by atoms with Crippen LogP contribution in [0.4, 0.5) is 5.69 Å². The highest BCUT2D eigenvalue weighted by atomic mass is 16.5. The number of ether oxygens (including phenoxy) is 1. The second kappa shape index (κ2) is 7.27. The lowest BCUT2D eigenvalue weighted by atomic mass is 9.88. The molecule has 0 saturated heterocycles. The van der Waals surface area contributed by atoms with Crippen LogP contribution in [0.1, 0.15) is 39.5 Å². The van der Waals surface area contributed by atoms with Gasteiger partial charge in [-0.15, -0.1) is 0 Å². The molecule has 3 heteroatoms. The van der Waals surface area contributed by atoms with Crippen LogP contribution >= 0.6 is 0 Å². The fourth-order valence-corrected chi connectivity index (χ4v) is 2.44. The average Bonchev–Trinajstić information content (AvgIpc) is 2.40. The van der Waals surface area contributed by atoms with E-state index in [1.807, 2.05) is 12.1 Å². The Labute approximate surface area is 111 Å². The van der Waals surface area contributed by atoms with Crippen LogP contribution in [0.3, 0.4) is 0 Å². The van der Waals surface area contributed by atoms with Gasteiger partial charge in [-0.1, -0.05) is 26.7 Å². The minimum absolute atomic E-state index is 0.0259. The molecule has 0 heterocycles. The number of methoxy groups -OCH3 is 1. The summed E-state index contributed by atoms with van der Waals surface area (Å²) >= 11 is 0. The molecule has 1 rings (SSSR count). The largest absolute Gasteiger partial charge is 0.497 e. The van der Waals surface area contributed by atoms with Crippen molar-refractivity contribution < 1.29 is 4.74 Å². The summed E-state index contributed by atoms with van der Waals surface area (Å²) in [7, 11) is 1.68. The van der Waals surface area contributed by atoms with Crippen LogP contribution in [0.5, 0.6) is 5.75 Å². The maximum atomic E-state index is 6.00. The van der Waals surface area contributed by atoms with E-state index in [2.05, 4.69) is 31.3 Å². The van der Waals surface area contributed by atoms with Crippen LogP contribution in [0, 0.1) is 0 Å². The lowest BCUT2D eigenvalue weighted by Crippen LogP contribution is -2.45. The highest BCUT2D eigenvalue weighted by Gasteiger charge is 2.26. The third-order valence-electron chi connectivity index (χ3n) is 3.35. The Morgan fingerprint density at radius 3 is 2.06 bits per heavy atom. The fraction of sp³-hybridized carbons (Fsp3) is 0.600. The number of hydrogen-bond donors (Lipinski definition) is 2. The number of anilines is 1. The van der Waals surface area contributed by atoms with Crippen LogP contribution in [-0.2, 0) is 0 Å². The average molecular weight is 250 g/mol. The molecule has 0 aromatic heterocycles. The van der Waals surface area contributed by atoms with Crippen LogP contribution in [0.2, 0.25) is 0 Å². The molecular weight excluding hydrogens is 224 g/mol. The van der Waals surface area contributed by atoms with Gasteiger partial charge < -0.3 is 15.8 Å². The molecule has 0 aliphatic rings. The second-order valence-corrected chi connectivity index (χ2v) is 4.84. The van der Waals surface area contributed by atoms with Gasteiger partial charge in [-0.25, -0.2) is 0 Å². The van der Waals surface area contributed by atoms with E-state index in [0.29, 0.717) is 6.54 Å². The zero-order valence-electron chi connectivity index (χ0n) is 11.8. The minimum Gasteiger partial charge on any atom is -0.497 e. The first-order chi connectivity index (χ1) is 8.69. The van der Waals surface area contributed by atoms with Gasteiger partial charge >= 0.3 is 0 Å². The summed E-state index contributed by atoms with van der Waals surface area (Å²) in [5, 5.41) is 3.61. The Bertz CT molecular complexity index is 329. The number of rotatable bonds is 8. The van der Waals surface area contributed by atoms with Crippen LogP contribution in [-0.4, -0.2) is 19.2 Å². The normalized spacial score (nSPS) is 11.3. The van der Waals surface area contributed by atoms with Gasteiger partial charge in [0, 0.05) is 17.8 Å². The second-order valence-electron chi connectivity index (χ2n) is 4.84. The quantitative estimate of drug-likeness (QED) is 0.743. The van der Waals surface area contributed by atoms with Crippen molar-refractivity contribution in [1.29, 1.82) is 0 Å². The van der Waals surface area contributed by atoms with Crippen molar-refractivity contribution in [3.05, 3.63) is 24.3 Å². The Kier molecular flexibility index (Phi) is 5.99. The van der Waals surface area contributed by atoms with Gasteiger partial charge in [-0.2, -0.15) is 0 Å². The molecular formula is C15H26N2O. The molecule has 0 fully saturated rings. The van der Waals surface area contributed by atoms with Crippen molar-refractivity contribution in [2.75, 3.05) is 19.0 Å². The van der Waals surface area contributed by atoms with Crippen LogP contribution in [0.25, 0.3) is 0 Å². The van der Waals surface area contributed by atoms with Crippen LogP contribution < -0.4 is 15.8 Å². The van der Waals surface area contributed by atoms with E-state index in [0.717, 1.165) is 37.1 Å². The first-order valence-electron chi connectivity index (χ1n) is 6.82. The Morgan fingerprint density at radius 1 is 1.11 bits per heavy atom. The van der Waals surface area contributed by atoms with E-state index in [-0.39, 0.29) is 5.54 Å². The summed E-state index contributed by atoms with van der Waals surface area (Å²) in [5.41, 5.74) is 7.14. The van der Waals surface area contributed by atoms with Gasteiger partial charge in [0.25, 0.3) is 0 Å². The summed E-state index contributed by atoms with van der Waals surface area (Å²) in [4.78, 5) is 0. The van der Waals surface area contributed by atoms with E-state index >= 15 is 0 Å². The molecule has 0 atom stereocenters. The minimum atomic E-state index is 0.0259. The molecule has 3 nitrogen and oxygen atoms in total. The number of hydrogen-bond acceptors (Lipinski definition) is 3. The van der Waals surface area contributed by atoms with Gasteiger partial charge in [-0.05, 0) is 37.1 Å². The molecule has 0 radical (unpaired) electrons. The van der Waals surface area contributed by atoms with Crippen molar-refractivity contribution >= 4 is 5.69 Å². The zero-order chi connectivity index (χ0) is 13.4. The van der Waals surface area contributed by atoms with Crippen molar-refractivity contribution in [1.82, 2.24) is 0 Å². The van der Waals surface area contributed by atoms with Gasteiger partial charge in [0.2, 0.25) is 0 Å². The van der Waals surface area contributed by atoms with Crippen LogP contribution in [0.15, 0.2) is 24.3 Å². The summed E-state index contributed by atoms with van der Waals surface area (Å²) in [6, 6.07) is 8.05. The van der Waals surface area contributed by atoms with Gasteiger partial charge in [-0.3, -0.25) is 0 Å². The van der Waals surface area contributed by atoms with Crippen molar-refractivity contribution in [3.63, 3.8) is 0 Å². The molecule has 18 heavy (non-hydrogen) atoms. The molecule has 3 N–H and O–H groups in total. The fourth-order valence-electron chi connectivity index (χ4n) is 2.44. The van der Waals surface area contributed by atoms with E-state index in [1.54, 1.807) is 7.11 Å². The number of nitrogens with one attached hydrogen (secondary N) is 1. The standard InChI is InChI=1S/C15H26N2O/c1-4-10-15(12-16,11-5-2)17-13-6-8-14(18-3)9-7-13/h6-9,17H,4-5,10-12,16H2,1-3H3. The predicted molar refractivity (Wildman–Crippen MR) is 78.2 cm³/mol. The van der Waals surface area contributed by atoms with E-state index < -0.39 is 0 Å². The molecule has 0 aliphatic carbocycles. The summed E-state index contributed by atoms with van der Waals surface area (Å²) < 4.78 is 5.17. The first kappa shape index (κ1) is 14.8. The SMILES string of the molecule is CCCC(CN)(CCC)Nc1ccc(OC)cc1. The van der Waals surface area contributed by atoms with E-state index in [4.69, 9.17) is 10.5 Å². The first-order valence-corrected chi connectivity index (χ1v) is 6.82. The molecule has 0 spiro atoms. The smallest absolute Gasteiger partial charge is 0.119 e. The summed E-state index contributed by atoms with van der Waals surface area (Å²) in [5.74, 6) is 0.880. The summed E-state index contributed by atoms with van der Waals surface area (Å²) in [6.07, 6.45) is 4.48. The molecule has 0 unspecified atom stereocenters. The monoisotopic (exact) mass is 250 g/mol. The van der Waals surface area contributed by atoms with E-state index in [9.17, 15) is 0 Å². The summed E-state index contributed by atoms with van der Waals surface area (Å²) in [6.45, 7) is 5.08. The topological polar surface area (TPSA) is 47.3 Å². The third-order valence-corrected chi connectivity index (χ3v) is 3.35. The molecule has 1 aromatic carbocycles. The Balaban J connectivity index is 2.80. The Hall–Kier alpha value is -1.22. The molecule has 0 amide bonds. The van der Waals surface area contributed by atoms with Gasteiger partial charge in [0.05, 0.1) is 7.11 Å². The number of nitrogens with two attached hydrogens (primary N) is 1. The molecule has 0 saturated carbocycles. The molecule has 0 bridgehead atoms. The molecule has 0 aliphatic heterocycles. The molecule has 102 valence electrons. The van der Waals surface area contributed by atoms with Gasteiger partial charge in [0.15, 0.2) is 0 Å². The molecule has 1 aromatic rings. The maximum Gasteiger partial charge on any atom is 0.119 e. The van der Waals surface area contributed by atoms with Gasteiger partial charge in [0.1, 0.15) is 5.75 Å². The highest BCUT2D eigenvalue weighted by Crippen LogP contribution is 2.25. The maximum absolute atomic E-state index is 6.00. The lowest BCUT2D eigenvalue weighted by Gasteiger charge is -2.34. The van der Waals surface area contributed by atoms with Crippen molar-refractivity contribution in [2.45, 2.75) is 45.1 Å². The lowest BCUT2D eigenvalue weighted by molar-refractivity contribution is 0.400. The van der Waals surface area contributed by atoms with E-state index in [1.165, 1.54) is 0 Å². The predicted octanol–water partition coefficient (Wildman–Crippen LogP) is 3.40. The zero-order valence-corrected chi connectivity index (χ0v) is 11.8. The third kappa shape index (κ3) is 3.91. The van der Waals surface area contributed by atoms with Crippen molar-refractivity contribution in [3.8, 4) is 5.75 Å². The van der Waals surface area contributed by atoms with Crippen molar-refractivity contribution in [2.24, 2.45) is 5.73 Å².